The first-order valence-electron chi connectivity index (χ1n) is 3.89. The molecule has 0 amide bonds. The lowest BCUT2D eigenvalue weighted by Crippen LogP contribution is -2.01. The van der Waals surface area contributed by atoms with Crippen LogP contribution in [-0.2, 0) is 9.53 Å². The Bertz CT molecular complexity index is 356. The number of hydrogen-bond acceptors (Lipinski definition) is 2. The second kappa shape index (κ2) is 3.34. The van der Waals surface area contributed by atoms with E-state index in [1.54, 1.807) is 0 Å². The molecule has 13 heavy (non-hydrogen) atoms. The quantitative estimate of drug-likeness (QED) is 0.555. The van der Waals surface area contributed by atoms with Crippen LogP contribution < -0.4 is 0 Å². The minimum absolute atomic E-state index is 0.291. The standard InChI is InChI=1S/C10H7BrO2/c11-10-8(6-9(12)13-10)7-4-2-1-3-5-7/h1-6,10H. The van der Waals surface area contributed by atoms with Crippen LogP contribution in [0.4, 0.5) is 0 Å². The largest absolute Gasteiger partial charge is 0.443 e. The van der Waals surface area contributed by atoms with E-state index in [2.05, 4.69) is 15.9 Å². The zero-order chi connectivity index (χ0) is 9.26. The number of alkyl halides is 1. The van der Waals surface area contributed by atoms with Crippen LogP contribution >= 0.6 is 15.9 Å². The lowest BCUT2D eigenvalue weighted by Gasteiger charge is -2.05. The summed E-state index contributed by atoms with van der Waals surface area (Å²) in [7, 11) is 0. The van der Waals surface area contributed by atoms with E-state index in [0.717, 1.165) is 11.1 Å². The number of rotatable bonds is 1. The summed E-state index contributed by atoms with van der Waals surface area (Å²) < 4.78 is 4.91. The molecule has 0 fully saturated rings. The molecule has 1 aliphatic heterocycles. The van der Waals surface area contributed by atoms with Crippen molar-refractivity contribution in [3.63, 3.8) is 0 Å². The van der Waals surface area contributed by atoms with Gasteiger partial charge >= 0.3 is 5.97 Å². The molecule has 0 N–H and O–H groups in total. The van der Waals surface area contributed by atoms with E-state index in [1.165, 1.54) is 6.08 Å². The smallest absolute Gasteiger partial charge is 0.332 e. The summed E-state index contributed by atoms with van der Waals surface area (Å²) in [5, 5.41) is -0.303. The number of carbonyl (C=O) groups excluding carboxylic acids is 1. The van der Waals surface area contributed by atoms with Gasteiger partial charge in [-0.3, -0.25) is 0 Å². The van der Waals surface area contributed by atoms with Gasteiger partial charge in [-0.05, 0) is 21.5 Å². The monoisotopic (exact) mass is 238 g/mol. The predicted octanol–water partition coefficient (Wildman–Crippen LogP) is 2.35. The number of hydrogen-bond donors (Lipinski definition) is 0. The van der Waals surface area contributed by atoms with E-state index < -0.39 is 0 Å². The molecule has 1 aromatic carbocycles. The highest BCUT2D eigenvalue weighted by molar-refractivity contribution is 9.09. The van der Waals surface area contributed by atoms with Gasteiger partial charge in [-0.2, -0.15) is 0 Å². The lowest BCUT2D eigenvalue weighted by molar-refractivity contribution is -0.135. The fourth-order valence-corrected chi connectivity index (χ4v) is 1.82. The maximum Gasteiger partial charge on any atom is 0.332 e. The Kier molecular flexibility index (Phi) is 2.19. The average molecular weight is 239 g/mol. The Hall–Kier alpha value is -1.09. The number of benzene rings is 1. The van der Waals surface area contributed by atoms with Crippen LogP contribution in [0, 0.1) is 0 Å². The summed E-state index contributed by atoms with van der Waals surface area (Å²) in [6.45, 7) is 0. The van der Waals surface area contributed by atoms with E-state index in [0.29, 0.717) is 0 Å². The summed E-state index contributed by atoms with van der Waals surface area (Å²) >= 11 is 3.27. The number of halogens is 1. The molecule has 1 unspecified atom stereocenters. The highest BCUT2D eigenvalue weighted by Crippen LogP contribution is 2.29. The Morgan fingerprint density at radius 3 is 2.46 bits per heavy atom. The Morgan fingerprint density at radius 1 is 1.23 bits per heavy atom. The molecule has 1 atom stereocenters. The maximum absolute atomic E-state index is 10.9. The molecule has 2 nitrogen and oxygen atoms in total. The zero-order valence-electron chi connectivity index (χ0n) is 6.74. The van der Waals surface area contributed by atoms with Crippen molar-refractivity contribution in [1.29, 1.82) is 0 Å². The Labute approximate surface area is 84.3 Å². The molecule has 3 heteroatoms. The van der Waals surface area contributed by atoms with Gasteiger partial charge in [0.2, 0.25) is 0 Å². The Morgan fingerprint density at radius 2 is 1.92 bits per heavy atom. The van der Waals surface area contributed by atoms with Crippen molar-refractivity contribution in [1.82, 2.24) is 0 Å². The normalized spacial score (nSPS) is 21.2. The van der Waals surface area contributed by atoms with Gasteiger partial charge in [0.05, 0.1) is 0 Å². The van der Waals surface area contributed by atoms with Gasteiger partial charge < -0.3 is 4.74 Å². The second-order valence-corrected chi connectivity index (χ2v) is 3.55. The van der Waals surface area contributed by atoms with Gasteiger partial charge in [-0.1, -0.05) is 30.3 Å². The van der Waals surface area contributed by atoms with Gasteiger partial charge in [-0.15, -0.1) is 0 Å². The minimum atomic E-state index is -0.303. The van der Waals surface area contributed by atoms with Gasteiger partial charge in [-0.25, -0.2) is 4.79 Å². The van der Waals surface area contributed by atoms with Crippen LogP contribution in [0.25, 0.3) is 5.57 Å². The molecule has 0 aliphatic carbocycles. The molecule has 66 valence electrons. The Balaban J connectivity index is 2.37. The van der Waals surface area contributed by atoms with Gasteiger partial charge in [0.15, 0.2) is 5.01 Å². The number of cyclic esters (lactones) is 1. The molecule has 0 saturated carbocycles. The van der Waals surface area contributed by atoms with E-state index in [4.69, 9.17) is 4.74 Å². The van der Waals surface area contributed by atoms with Crippen molar-refractivity contribution in [2.45, 2.75) is 5.01 Å². The van der Waals surface area contributed by atoms with Crippen LogP contribution in [0.3, 0.4) is 0 Å². The van der Waals surface area contributed by atoms with Crippen LogP contribution in [0.2, 0.25) is 0 Å². The van der Waals surface area contributed by atoms with E-state index in [-0.39, 0.29) is 11.0 Å². The minimum Gasteiger partial charge on any atom is -0.443 e. The van der Waals surface area contributed by atoms with Gasteiger partial charge in [0.1, 0.15) is 0 Å². The number of esters is 1. The second-order valence-electron chi connectivity index (χ2n) is 2.72. The molecule has 1 heterocycles. The first kappa shape index (κ1) is 8.51. The molecular formula is C10H7BrO2. The summed E-state index contributed by atoms with van der Waals surface area (Å²) in [5.74, 6) is -0.291. The fraction of sp³-hybridized carbons (Fsp3) is 0.100. The van der Waals surface area contributed by atoms with E-state index in [1.807, 2.05) is 30.3 Å². The molecule has 1 aromatic rings. The maximum atomic E-state index is 10.9. The predicted molar refractivity (Wildman–Crippen MR) is 53.2 cm³/mol. The highest BCUT2D eigenvalue weighted by Gasteiger charge is 2.23. The van der Waals surface area contributed by atoms with Crippen LogP contribution in [0.5, 0.6) is 0 Å². The first-order chi connectivity index (χ1) is 6.27. The third-order valence-corrected chi connectivity index (χ3v) is 2.52. The average Bonchev–Trinajstić information content (AvgIpc) is 2.47. The molecule has 0 bridgehead atoms. The van der Waals surface area contributed by atoms with Crippen molar-refractivity contribution in [3.8, 4) is 0 Å². The molecule has 0 saturated heterocycles. The van der Waals surface area contributed by atoms with Gasteiger partial charge in [0.25, 0.3) is 0 Å². The van der Waals surface area contributed by atoms with Crippen molar-refractivity contribution in [2.24, 2.45) is 0 Å². The first-order valence-corrected chi connectivity index (χ1v) is 4.80. The zero-order valence-corrected chi connectivity index (χ0v) is 8.32. The van der Waals surface area contributed by atoms with Gasteiger partial charge in [0, 0.05) is 11.6 Å². The third-order valence-electron chi connectivity index (χ3n) is 1.84. The molecule has 0 aromatic heterocycles. The third kappa shape index (κ3) is 1.65. The van der Waals surface area contributed by atoms with E-state index >= 15 is 0 Å². The lowest BCUT2D eigenvalue weighted by atomic mass is 10.1. The van der Waals surface area contributed by atoms with Crippen LogP contribution in [-0.4, -0.2) is 11.0 Å². The molecule has 2 rings (SSSR count). The SMILES string of the molecule is O=C1C=C(c2ccccc2)C(Br)O1. The van der Waals surface area contributed by atoms with Crippen LogP contribution in [0.15, 0.2) is 36.4 Å². The van der Waals surface area contributed by atoms with Crippen LogP contribution in [0.1, 0.15) is 5.56 Å². The topological polar surface area (TPSA) is 26.3 Å². The summed E-state index contributed by atoms with van der Waals surface area (Å²) in [4.78, 5) is 10.9. The summed E-state index contributed by atoms with van der Waals surface area (Å²) in [5.41, 5.74) is 1.89. The summed E-state index contributed by atoms with van der Waals surface area (Å²) in [6.07, 6.45) is 1.51. The number of ether oxygens (including phenoxy) is 1. The molecular weight excluding hydrogens is 232 g/mol. The fourth-order valence-electron chi connectivity index (χ4n) is 1.24. The molecule has 0 spiro atoms. The highest BCUT2D eigenvalue weighted by atomic mass is 79.9. The van der Waals surface area contributed by atoms with E-state index in [9.17, 15) is 4.79 Å². The number of carbonyl (C=O) groups is 1. The summed E-state index contributed by atoms with van der Waals surface area (Å²) in [6, 6.07) is 9.69. The van der Waals surface area contributed by atoms with Crippen molar-refractivity contribution < 1.29 is 9.53 Å². The van der Waals surface area contributed by atoms with Crippen molar-refractivity contribution in [2.75, 3.05) is 0 Å². The molecule has 0 radical (unpaired) electrons. The molecule has 1 aliphatic rings. The van der Waals surface area contributed by atoms with Crippen molar-refractivity contribution in [3.05, 3.63) is 42.0 Å². The van der Waals surface area contributed by atoms with Crippen molar-refractivity contribution >= 4 is 27.5 Å².